The first-order valence-electron chi connectivity index (χ1n) is 7.43. The van der Waals surface area contributed by atoms with Crippen LogP contribution in [-0.2, 0) is 16.0 Å². The molecule has 0 amide bonds. The van der Waals surface area contributed by atoms with E-state index < -0.39 is 0 Å². The maximum atomic E-state index is 11.6. The van der Waals surface area contributed by atoms with Gasteiger partial charge in [-0.2, -0.15) is 0 Å². The van der Waals surface area contributed by atoms with Crippen molar-refractivity contribution in [3.05, 3.63) is 59.2 Å². The molecule has 0 fully saturated rings. The Morgan fingerprint density at radius 2 is 1.71 bits per heavy atom. The summed E-state index contributed by atoms with van der Waals surface area (Å²) in [6.07, 6.45) is 1.14. The molecule has 0 aromatic heterocycles. The molecule has 2 heteroatoms. The minimum atomic E-state index is -0.131. The van der Waals surface area contributed by atoms with Gasteiger partial charge in [0.2, 0.25) is 0 Å². The van der Waals surface area contributed by atoms with E-state index in [2.05, 4.69) is 44.2 Å². The molecule has 0 bridgehead atoms. The van der Waals surface area contributed by atoms with E-state index in [1.807, 2.05) is 19.1 Å². The van der Waals surface area contributed by atoms with Gasteiger partial charge in [-0.25, -0.2) is 0 Å². The molecule has 0 saturated heterocycles. The van der Waals surface area contributed by atoms with Crippen LogP contribution >= 0.6 is 0 Å². The van der Waals surface area contributed by atoms with Gasteiger partial charge in [0, 0.05) is 6.42 Å². The zero-order valence-electron chi connectivity index (χ0n) is 13.0. The summed E-state index contributed by atoms with van der Waals surface area (Å²) in [5.74, 6) is -0.131. The topological polar surface area (TPSA) is 26.3 Å². The van der Waals surface area contributed by atoms with Gasteiger partial charge in [-0.1, -0.05) is 42.5 Å². The molecular formula is C19H22O2. The van der Waals surface area contributed by atoms with Crippen LogP contribution in [0.1, 0.15) is 30.0 Å². The Hall–Kier alpha value is -2.09. The van der Waals surface area contributed by atoms with Gasteiger partial charge in [-0.3, -0.25) is 4.79 Å². The van der Waals surface area contributed by atoms with Gasteiger partial charge in [0.05, 0.1) is 6.61 Å². The van der Waals surface area contributed by atoms with Crippen LogP contribution in [0.4, 0.5) is 0 Å². The third-order valence-electron chi connectivity index (χ3n) is 3.82. The molecule has 110 valence electrons. The second-order valence-electron chi connectivity index (χ2n) is 5.21. The number of hydrogen-bond donors (Lipinski definition) is 0. The monoisotopic (exact) mass is 282 g/mol. The summed E-state index contributed by atoms with van der Waals surface area (Å²) in [5.41, 5.74) is 6.23. The molecule has 0 radical (unpaired) electrons. The van der Waals surface area contributed by atoms with E-state index in [1.165, 1.54) is 27.8 Å². The molecule has 0 N–H and O–H groups in total. The first-order valence-corrected chi connectivity index (χ1v) is 7.43. The second kappa shape index (κ2) is 7.07. The summed E-state index contributed by atoms with van der Waals surface area (Å²) in [6, 6.07) is 14.6. The lowest BCUT2D eigenvalue weighted by Crippen LogP contribution is -2.05. The van der Waals surface area contributed by atoms with Crippen molar-refractivity contribution < 1.29 is 9.53 Å². The largest absolute Gasteiger partial charge is 0.466 e. The van der Waals surface area contributed by atoms with Gasteiger partial charge in [0.25, 0.3) is 0 Å². The number of aryl methyl sites for hydroxylation is 2. The average Bonchev–Trinajstić information content (AvgIpc) is 2.49. The number of rotatable bonds is 5. The van der Waals surface area contributed by atoms with Crippen molar-refractivity contribution in [2.75, 3.05) is 6.61 Å². The quantitative estimate of drug-likeness (QED) is 0.756. The second-order valence-corrected chi connectivity index (χ2v) is 5.21. The number of hydrogen-bond acceptors (Lipinski definition) is 2. The molecule has 2 aromatic carbocycles. The number of carbonyl (C=O) groups excluding carboxylic acids is 1. The third-order valence-corrected chi connectivity index (χ3v) is 3.82. The Kier molecular flexibility index (Phi) is 5.15. The van der Waals surface area contributed by atoms with Crippen LogP contribution < -0.4 is 0 Å². The Morgan fingerprint density at radius 1 is 1.00 bits per heavy atom. The van der Waals surface area contributed by atoms with Crippen molar-refractivity contribution in [3.8, 4) is 11.1 Å². The smallest absolute Gasteiger partial charge is 0.306 e. The summed E-state index contributed by atoms with van der Waals surface area (Å²) in [7, 11) is 0. The van der Waals surface area contributed by atoms with Gasteiger partial charge in [-0.15, -0.1) is 0 Å². The van der Waals surface area contributed by atoms with E-state index in [-0.39, 0.29) is 5.97 Å². The Labute approximate surface area is 126 Å². The molecule has 0 unspecified atom stereocenters. The molecule has 21 heavy (non-hydrogen) atoms. The maximum Gasteiger partial charge on any atom is 0.306 e. The van der Waals surface area contributed by atoms with Crippen molar-refractivity contribution in [1.29, 1.82) is 0 Å². The summed E-state index contributed by atoms with van der Waals surface area (Å²) >= 11 is 0. The number of carbonyl (C=O) groups is 1. The minimum absolute atomic E-state index is 0.131. The van der Waals surface area contributed by atoms with Crippen LogP contribution in [0.3, 0.4) is 0 Å². The van der Waals surface area contributed by atoms with E-state index in [0.717, 1.165) is 0 Å². The zero-order valence-corrected chi connectivity index (χ0v) is 13.0. The Balaban J connectivity index is 2.29. The van der Waals surface area contributed by atoms with Crippen molar-refractivity contribution >= 4 is 5.97 Å². The van der Waals surface area contributed by atoms with Crippen LogP contribution in [0.15, 0.2) is 42.5 Å². The molecule has 0 atom stereocenters. The summed E-state index contributed by atoms with van der Waals surface area (Å²) < 4.78 is 5.01. The Bertz CT molecular complexity index is 629. The fraction of sp³-hybridized carbons (Fsp3) is 0.316. The van der Waals surface area contributed by atoms with Gasteiger partial charge in [0.1, 0.15) is 0 Å². The molecule has 2 rings (SSSR count). The summed E-state index contributed by atoms with van der Waals surface area (Å²) in [6.45, 7) is 6.55. The molecule has 0 aliphatic carbocycles. The maximum absolute atomic E-state index is 11.6. The van der Waals surface area contributed by atoms with Crippen molar-refractivity contribution in [2.24, 2.45) is 0 Å². The zero-order chi connectivity index (χ0) is 15.2. The minimum Gasteiger partial charge on any atom is -0.466 e. The van der Waals surface area contributed by atoms with Gasteiger partial charge in [-0.05, 0) is 55.0 Å². The summed E-state index contributed by atoms with van der Waals surface area (Å²) in [4.78, 5) is 11.6. The van der Waals surface area contributed by atoms with E-state index in [4.69, 9.17) is 4.74 Å². The van der Waals surface area contributed by atoms with E-state index in [9.17, 15) is 4.79 Å². The lowest BCUT2D eigenvalue weighted by Gasteiger charge is -2.13. The highest BCUT2D eigenvalue weighted by atomic mass is 16.5. The van der Waals surface area contributed by atoms with Crippen molar-refractivity contribution in [3.63, 3.8) is 0 Å². The summed E-state index contributed by atoms with van der Waals surface area (Å²) in [5, 5.41) is 0. The first kappa shape index (κ1) is 15.3. The van der Waals surface area contributed by atoms with Crippen LogP contribution in [0, 0.1) is 13.8 Å². The average molecular weight is 282 g/mol. The van der Waals surface area contributed by atoms with E-state index >= 15 is 0 Å². The molecular weight excluding hydrogens is 260 g/mol. The highest BCUT2D eigenvalue weighted by molar-refractivity contribution is 5.74. The molecule has 0 aliphatic rings. The highest BCUT2D eigenvalue weighted by Crippen LogP contribution is 2.29. The molecule has 0 saturated carbocycles. The predicted octanol–water partition coefficient (Wildman–Crippen LogP) is 4.47. The van der Waals surface area contributed by atoms with E-state index in [0.29, 0.717) is 19.4 Å². The number of esters is 1. The Morgan fingerprint density at radius 3 is 2.48 bits per heavy atom. The third kappa shape index (κ3) is 3.72. The van der Waals surface area contributed by atoms with Crippen molar-refractivity contribution in [1.82, 2.24) is 0 Å². The first-order chi connectivity index (χ1) is 10.1. The van der Waals surface area contributed by atoms with Crippen LogP contribution in [0.25, 0.3) is 11.1 Å². The lowest BCUT2D eigenvalue weighted by atomic mass is 9.92. The van der Waals surface area contributed by atoms with Crippen molar-refractivity contribution in [2.45, 2.75) is 33.6 Å². The molecule has 0 spiro atoms. The highest BCUT2D eigenvalue weighted by Gasteiger charge is 2.10. The van der Waals surface area contributed by atoms with E-state index in [1.54, 1.807) is 0 Å². The molecule has 0 heterocycles. The molecule has 2 nitrogen and oxygen atoms in total. The SMILES string of the molecule is CCOC(=O)CCc1ccccc1-c1cccc(C)c1C. The van der Waals surface area contributed by atoms with Gasteiger partial charge >= 0.3 is 5.97 Å². The van der Waals surface area contributed by atoms with Gasteiger partial charge in [0.15, 0.2) is 0 Å². The predicted molar refractivity (Wildman–Crippen MR) is 86.3 cm³/mol. The molecule has 0 aliphatic heterocycles. The number of ether oxygens (including phenoxy) is 1. The molecule has 2 aromatic rings. The lowest BCUT2D eigenvalue weighted by molar-refractivity contribution is -0.143. The van der Waals surface area contributed by atoms with Crippen LogP contribution in [0.5, 0.6) is 0 Å². The normalized spacial score (nSPS) is 10.4. The fourth-order valence-electron chi connectivity index (χ4n) is 2.51. The standard InChI is InChI=1S/C19H22O2/c1-4-21-19(20)13-12-16-9-5-6-10-18(16)17-11-7-8-14(2)15(17)3/h5-11H,4,12-13H2,1-3H3. The number of benzene rings is 2. The van der Waals surface area contributed by atoms with Crippen LogP contribution in [-0.4, -0.2) is 12.6 Å². The van der Waals surface area contributed by atoms with Gasteiger partial charge < -0.3 is 4.74 Å². The fourth-order valence-corrected chi connectivity index (χ4v) is 2.51. The van der Waals surface area contributed by atoms with Crippen LogP contribution in [0.2, 0.25) is 0 Å².